The number of aryl methyl sites for hydroxylation is 1. The minimum Gasteiger partial charge on any atom is -0.504 e. The van der Waals surface area contributed by atoms with Crippen molar-refractivity contribution in [3.8, 4) is 22.8 Å². The summed E-state index contributed by atoms with van der Waals surface area (Å²) in [6.45, 7) is 0. The van der Waals surface area contributed by atoms with E-state index in [0.29, 0.717) is 11.5 Å². The van der Waals surface area contributed by atoms with Gasteiger partial charge in [-0.15, -0.1) is 0 Å². The summed E-state index contributed by atoms with van der Waals surface area (Å²) in [4.78, 5) is 0. The second kappa shape index (κ2) is 3.92. The van der Waals surface area contributed by atoms with Crippen LogP contribution >= 0.6 is 15.9 Å². The van der Waals surface area contributed by atoms with Crippen LogP contribution < -0.4 is 5.73 Å². The molecule has 0 atom stereocenters. The van der Waals surface area contributed by atoms with Gasteiger partial charge in [-0.05, 0) is 22.0 Å². The topological polar surface area (TPSA) is 84.3 Å². The zero-order valence-electron chi connectivity index (χ0n) is 8.78. The highest BCUT2D eigenvalue weighted by Crippen LogP contribution is 2.43. The Morgan fingerprint density at radius 3 is 2.53 bits per heavy atom. The van der Waals surface area contributed by atoms with Crippen molar-refractivity contribution in [2.45, 2.75) is 0 Å². The Balaban J connectivity index is 2.71. The molecule has 0 unspecified atom stereocenters. The van der Waals surface area contributed by atoms with E-state index in [1.807, 2.05) is 0 Å². The Bertz CT molecular complexity index is 578. The first kappa shape index (κ1) is 11.7. The van der Waals surface area contributed by atoms with Crippen molar-refractivity contribution >= 4 is 21.7 Å². The van der Waals surface area contributed by atoms with Crippen LogP contribution in [0.5, 0.6) is 11.5 Å². The predicted molar refractivity (Wildman–Crippen MR) is 64.0 cm³/mol. The summed E-state index contributed by atoms with van der Waals surface area (Å²) in [5.41, 5.74) is 6.14. The highest BCUT2D eigenvalue weighted by Gasteiger charge is 2.19. The van der Waals surface area contributed by atoms with Crippen molar-refractivity contribution in [3.63, 3.8) is 0 Å². The highest BCUT2D eigenvalue weighted by molar-refractivity contribution is 9.10. The summed E-state index contributed by atoms with van der Waals surface area (Å²) in [5, 5.41) is 23.1. The average Bonchev–Trinajstić information content (AvgIpc) is 2.56. The Morgan fingerprint density at radius 2 is 2.00 bits per heavy atom. The van der Waals surface area contributed by atoms with Crippen LogP contribution in [0.4, 0.5) is 10.2 Å². The largest absolute Gasteiger partial charge is 0.504 e. The van der Waals surface area contributed by atoms with Gasteiger partial charge in [-0.1, -0.05) is 0 Å². The van der Waals surface area contributed by atoms with Gasteiger partial charge < -0.3 is 15.9 Å². The summed E-state index contributed by atoms with van der Waals surface area (Å²) < 4.78 is 14.8. The van der Waals surface area contributed by atoms with Gasteiger partial charge in [-0.3, -0.25) is 4.68 Å². The predicted octanol–water partition coefficient (Wildman–Crippen LogP) is 1.98. The Morgan fingerprint density at radius 1 is 1.35 bits per heavy atom. The number of halogens is 2. The average molecular weight is 302 g/mol. The third-order valence-electron chi connectivity index (χ3n) is 2.35. The lowest BCUT2D eigenvalue weighted by molar-refractivity contribution is 0.379. The molecule has 2 aromatic rings. The van der Waals surface area contributed by atoms with Crippen molar-refractivity contribution in [3.05, 3.63) is 22.4 Å². The van der Waals surface area contributed by atoms with Crippen molar-refractivity contribution in [1.29, 1.82) is 0 Å². The highest BCUT2D eigenvalue weighted by atomic mass is 79.9. The van der Waals surface area contributed by atoms with Crippen LogP contribution in [-0.2, 0) is 7.05 Å². The van der Waals surface area contributed by atoms with E-state index in [2.05, 4.69) is 21.0 Å². The van der Waals surface area contributed by atoms with Crippen LogP contribution in [0.1, 0.15) is 0 Å². The van der Waals surface area contributed by atoms with Crippen LogP contribution in [0.15, 0.2) is 16.6 Å². The molecule has 90 valence electrons. The maximum absolute atomic E-state index is 13.1. The second-order valence-electron chi connectivity index (χ2n) is 3.49. The van der Waals surface area contributed by atoms with Gasteiger partial charge in [0, 0.05) is 17.6 Å². The van der Waals surface area contributed by atoms with Gasteiger partial charge in [0.2, 0.25) is 0 Å². The SMILES string of the molecule is Cn1nc(-c2c(Br)cc(F)c(O)c2O)cc1N. The summed E-state index contributed by atoms with van der Waals surface area (Å²) in [6, 6.07) is 2.56. The Hall–Kier alpha value is -1.76. The number of aromatic nitrogens is 2. The molecule has 1 aromatic heterocycles. The number of aromatic hydroxyl groups is 2. The molecular formula is C10H9BrFN3O2. The molecule has 7 heteroatoms. The van der Waals surface area contributed by atoms with Crippen LogP contribution in [0.2, 0.25) is 0 Å². The van der Waals surface area contributed by atoms with E-state index in [1.165, 1.54) is 10.7 Å². The minimum atomic E-state index is -0.915. The first-order chi connectivity index (χ1) is 7.91. The first-order valence-electron chi connectivity index (χ1n) is 4.61. The number of anilines is 1. The van der Waals surface area contributed by atoms with Gasteiger partial charge in [0.25, 0.3) is 0 Å². The molecule has 0 saturated heterocycles. The zero-order chi connectivity index (χ0) is 12.7. The number of benzene rings is 1. The van der Waals surface area contributed by atoms with Gasteiger partial charge in [0.05, 0.1) is 11.3 Å². The van der Waals surface area contributed by atoms with Crippen molar-refractivity contribution in [2.24, 2.45) is 7.05 Å². The molecule has 1 heterocycles. The molecule has 0 aliphatic heterocycles. The molecule has 0 amide bonds. The molecule has 0 bridgehead atoms. The third kappa shape index (κ3) is 1.82. The standard InChI is InChI=1S/C10H9BrFN3O2/c1-15-7(13)3-6(14-15)8-4(11)2-5(12)9(16)10(8)17/h2-3,16-17H,13H2,1H3. The second-order valence-corrected chi connectivity index (χ2v) is 4.34. The Labute approximate surface area is 104 Å². The van der Waals surface area contributed by atoms with Gasteiger partial charge in [0.1, 0.15) is 5.82 Å². The maximum Gasteiger partial charge on any atom is 0.194 e. The number of hydrogen-bond donors (Lipinski definition) is 3. The van der Waals surface area contributed by atoms with Crippen molar-refractivity contribution in [1.82, 2.24) is 9.78 Å². The van der Waals surface area contributed by atoms with Crippen molar-refractivity contribution in [2.75, 3.05) is 5.73 Å². The number of rotatable bonds is 1. The molecule has 0 aliphatic carbocycles. The zero-order valence-corrected chi connectivity index (χ0v) is 10.4. The number of nitrogens with zero attached hydrogens (tertiary/aromatic N) is 2. The molecular weight excluding hydrogens is 293 g/mol. The fourth-order valence-corrected chi connectivity index (χ4v) is 2.04. The van der Waals surface area contributed by atoms with Crippen LogP contribution in [0.3, 0.4) is 0 Å². The number of hydrogen-bond acceptors (Lipinski definition) is 4. The van der Waals surface area contributed by atoms with Gasteiger partial charge >= 0.3 is 0 Å². The number of nitrogen functional groups attached to an aromatic ring is 1. The molecule has 1 aromatic carbocycles. The van der Waals surface area contributed by atoms with Crippen LogP contribution in [0, 0.1) is 5.82 Å². The fourth-order valence-electron chi connectivity index (χ4n) is 1.44. The molecule has 4 N–H and O–H groups in total. The van der Waals surface area contributed by atoms with E-state index < -0.39 is 17.3 Å². The number of phenolic OH excluding ortho intramolecular Hbond substituents is 2. The van der Waals surface area contributed by atoms with E-state index in [4.69, 9.17) is 5.73 Å². The molecule has 5 nitrogen and oxygen atoms in total. The van der Waals surface area contributed by atoms with Crippen LogP contribution in [0.25, 0.3) is 11.3 Å². The summed E-state index contributed by atoms with van der Waals surface area (Å²) in [5.74, 6) is -1.92. The first-order valence-corrected chi connectivity index (χ1v) is 5.41. The van der Waals surface area contributed by atoms with Gasteiger partial charge in [-0.2, -0.15) is 5.10 Å². The quantitative estimate of drug-likeness (QED) is 0.703. The summed E-state index contributed by atoms with van der Waals surface area (Å²) in [7, 11) is 1.63. The lowest BCUT2D eigenvalue weighted by Gasteiger charge is -2.07. The smallest absolute Gasteiger partial charge is 0.194 e. The van der Waals surface area contributed by atoms with Gasteiger partial charge in [-0.25, -0.2) is 4.39 Å². The van der Waals surface area contributed by atoms with Gasteiger partial charge in [0.15, 0.2) is 17.3 Å². The molecule has 0 aliphatic rings. The van der Waals surface area contributed by atoms with E-state index in [-0.39, 0.29) is 10.0 Å². The molecule has 0 fully saturated rings. The molecule has 2 rings (SSSR count). The number of phenols is 2. The third-order valence-corrected chi connectivity index (χ3v) is 2.98. The number of nitrogens with two attached hydrogens (primary N) is 1. The molecule has 0 saturated carbocycles. The molecule has 0 spiro atoms. The Kier molecular flexibility index (Phi) is 2.70. The van der Waals surface area contributed by atoms with Crippen molar-refractivity contribution < 1.29 is 14.6 Å². The summed E-state index contributed by atoms with van der Waals surface area (Å²) in [6.07, 6.45) is 0. The van der Waals surface area contributed by atoms with E-state index in [0.717, 1.165) is 6.07 Å². The van der Waals surface area contributed by atoms with E-state index in [9.17, 15) is 14.6 Å². The van der Waals surface area contributed by atoms with Crippen LogP contribution in [-0.4, -0.2) is 20.0 Å². The minimum absolute atomic E-state index is 0.191. The summed E-state index contributed by atoms with van der Waals surface area (Å²) >= 11 is 3.10. The lowest BCUT2D eigenvalue weighted by Crippen LogP contribution is -1.96. The maximum atomic E-state index is 13.1. The molecule has 17 heavy (non-hydrogen) atoms. The fraction of sp³-hybridized carbons (Fsp3) is 0.100. The normalized spacial score (nSPS) is 10.8. The lowest BCUT2D eigenvalue weighted by atomic mass is 10.1. The molecule has 0 radical (unpaired) electrons. The monoisotopic (exact) mass is 301 g/mol. The van der Waals surface area contributed by atoms with E-state index >= 15 is 0 Å². The van der Waals surface area contributed by atoms with E-state index in [1.54, 1.807) is 7.05 Å².